The number of hydrogen-bond donors (Lipinski definition) is 1. The standard InChI is InChI=1S/C14H16F2O3/c1-19-8-9-6-10(12(16)11(15)7-9)14(13(17)18)4-2-3-5-14/h6-7H,2-5,8H2,1H3,(H,17,18). The van der Waals surface area contributed by atoms with Crippen molar-refractivity contribution in [1.29, 1.82) is 0 Å². The maximum atomic E-state index is 14.0. The fraction of sp³-hybridized carbons (Fsp3) is 0.500. The van der Waals surface area contributed by atoms with Crippen LogP contribution >= 0.6 is 0 Å². The van der Waals surface area contributed by atoms with Crippen LogP contribution in [0.1, 0.15) is 36.8 Å². The molecule has 1 aliphatic carbocycles. The highest BCUT2D eigenvalue weighted by Gasteiger charge is 2.45. The average molecular weight is 270 g/mol. The maximum absolute atomic E-state index is 14.0. The third-order valence-electron chi connectivity index (χ3n) is 3.78. The molecule has 0 unspecified atom stereocenters. The van der Waals surface area contributed by atoms with Crippen LogP contribution in [0.15, 0.2) is 12.1 Å². The van der Waals surface area contributed by atoms with Crippen molar-refractivity contribution < 1.29 is 23.4 Å². The summed E-state index contributed by atoms with van der Waals surface area (Å²) in [5, 5.41) is 9.43. The van der Waals surface area contributed by atoms with Gasteiger partial charge in [0, 0.05) is 12.7 Å². The first-order chi connectivity index (χ1) is 9.01. The minimum atomic E-state index is -1.30. The van der Waals surface area contributed by atoms with Gasteiger partial charge in [-0.3, -0.25) is 4.79 Å². The Morgan fingerprint density at radius 3 is 2.53 bits per heavy atom. The number of aliphatic carboxylic acids is 1. The van der Waals surface area contributed by atoms with Crippen molar-refractivity contribution in [2.75, 3.05) is 7.11 Å². The lowest BCUT2D eigenvalue weighted by Crippen LogP contribution is -2.34. The van der Waals surface area contributed by atoms with E-state index in [4.69, 9.17) is 4.74 Å². The highest BCUT2D eigenvalue weighted by Crippen LogP contribution is 2.43. The number of carboxylic acid groups (broad SMARTS) is 1. The predicted molar refractivity (Wildman–Crippen MR) is 64.9 cm³/mol. The van der Waals surface area contributed by atoms with Gasteiger partial charge in [0.15, 0.2) is 11.6 Å². The van der Waals surface area contributed by atoms with Gasteiger partial charge in [0.25, 0.3) is 0 Å². The summed E-state index contributed by atoms with van der Waals surface area (Å²) in [7, 11) is 1.45. The largest absolute Gasteiger partial charge is 0.481 e. The first-order valence-electron chi connectivity index (χ1n) is 6.22. The quantitative estimate of drug-likeness (QED) is 0.914. The second-order valence-corrected chi connectivity index (χ2v) is 4.97. The maximum Gasteiger partial charge on any atom is 0.314 e. The fourth-order valence-corrected chi connectivity index (χ4v) is 2.82. The van der Waals surface area contributed by atoms with Gasteiger partial charge in [0.2, 0.25) is 0 Å². The zero-order valence-electron chi connectivity index (χ0n) is 10.7. The Balaban J connectivity index is 2.56. The van der Waals surface area contributed by atoms with E-state index in [0.29, 0.717) is 31.2 Å². The van der Waals surface area contributed by atoms with Crippen LogP contribution in [0.5, 0.6) is 0 Å². The summed E-state index contributed by atoms with van der Waals surface area (Å²) in [5.41, 5.74) is -0.900. The monoisotopic (exact) mass is 270 g/mol. The van der Waals surface area contributed by atoms with Crippen molar-refractivity contribution in [2.45, 2.75) is 37.7 Å². The van der Waals surface area contributed by atoms with Gasteiger partial charge in [-0.25, -0.2) is 8.78 Å². The molecule has 0 amide bonds. The number of benzene rings is 1. The molecular formula is C14H16F2O3. The highest BCUT2D eigenvalue weighted by atomic mass is 19.2. The second-order valence-electron chi connectivity index (χ2n) is 4.97. The molecule has 5 heteroatoms. The molecule has 2 rings (SSSR count). The lowest BCUT2D eigenvalue weighted by atomic mass is 9.78. The van der Waals surface area contributed by atoms with Crippen molar-refractivity contribution >= 4 is 5.97 Å². The summed E-state index contributed by atoms with van der Waals surface area (Å²) in [5.74, 6) is -3.15. The van der Waals surface area contributed by atoms with Crippen LogP contribution in [0.2, 0.25) is 0 Å². The Hall–Kier alpha value is -1.49. The molecule has 0 atom stereocenters. The van der Waals surface area contributed by atoms with Gasteiger partial charge in [-0.05, 0) is 30.5 Å². The average Bonchev–Trinajstić information content (AvgIpc) is 2.84. The predicted octanol–water partition coefficient (Wildman–Crippen LogP) is 3.01. The van der Waals surface area contributed by atoms with Crippen molar-refractivity contribution in [3.05, 3.63) is 34.9 Å². The van der Waals surface area contributed by atoms with E-state index in [1.165, 1.54) is 13.2 Å². The van der Waals surface area contributed by atoms with Crippen molar-refractivity contribution in [3.8, 4) is 0 Å². The zero-order chi connectivity index (χ0) is 14.0. The summed E-state index contributed by atoms with van der Waals surface area (Å²) in [6.07, 6.45) is 2.11. The van der Waals surface area contributed by atoms with Gasteiger partial charge in [-0.15, -0.1) is 0 Å². The smallest absolute Gasteiger partial charge is 0.314 e. The van der Waals surface area contributed by atoms with Gasteiger partial charge < -0.3 is 9.84 Å². The Bertz CT molecular complexity index is 494. The molecule has 0 spiro atoms. The number of halogens is 2. The molecule has 0 saturated heterocycles. The fourth-order valence-electron chi connectivity index (χ4n) is 2.82. The van der Waals surface area contributed by atoms with Crippen molar-refractivity contribution in [2.24, 2.45) is 0 Å². The van der Waals surface area contributed by atoms with E-state index in [1.807, 2.05) is 0 Å². The molecule has 1 aromatic rings. The number of rotatable bonds is 4. The van der Waals surface area contributed by atoms with E-state index in [2.05, 4.69) is 0 Å². The van der Waals surface area contributed by atoms with Crippen LogP contribution in [0, 0.1) is 11.6 Å². The van der Waals surface area contributed by atoms with Gasteiger partial charge in [0.05, 0.1) is 12.0 Å². The Labute approximate surface area is 110 Å². The summed E-state index contributed by atoms with van der Waals surface area (Å²) in [6, 6.07) is 2.47. The van der Waals surface area contributed by atoms with Crippen LogP contribution in [-0.2, 0) is 21.6 Å². The third kappa shape index (κ3) is 2.34. The molecule has 1 fully saturated rings. The van der Waals surface area contributed by atoms with E-state index in [9.17, 15) is 18.7 Å². The summed E-state index contributed by atoms with van der Waals surface area (Å²) in [6.45, 7) is 0.125. The molecule has 0 heterocycles. The van der Waals surface area contributed by atoms with E-state index in [-0.39, 0.29) is 12.2 Å². The van der Waals surface area contributed by atoms with Crippen LogP contribution in [0.4, 0.5) is 8.78 Å². The number of carbonyl (C=O) groups is 1. The summed E-state index contributed by atoms with van der Waals surface area (Å²) >= 11 is 0. The molecule has 0 aromatic heterocycles. The van der Waals surface area contributed by atoms with Crippen molar-refractivity contribution in [3.63, 3.8) is 0 Å². The molecule has 1 N–H and O–H groups in total. The molecule has 0 aliphatic heterocycles. The Morgan fingerprint density at radius 2 is 2.00 bits per heavy atom. The van der Waals surface area contributed by atoms with Crippen LogP contribution < -0.4 is 0 Å². The molecule has 1 saturated carbocycles. The van der Waals surface area contributed by atoms with Gasteiger partial charge >= 0.3 is 5.97 Å². The highest BCUT2D eigenvalue weighted by molar-refractivity contribution is 5.82. The number of carboxylic acids is 1. The van der Waals surface area contributed by atoms with E-state index >= 15 is 0 Å². The van der Waals surface area contributed by atoms with Crippen LogP contribution in [0.25, 0.3) is 0 Å². The second kappa shape index (κ2) is 5.25. The number of ether oxygens (including phenoxy) is 1. The summed E-state index contributed by atoms with van der Waals surface area (Å²) < 4.78 is 32.5. The van der Waals surface area contributed by atoms with Gasteiger partial charge in [-0.1, -0.05) is 12.8 Å². The molecule has 104 valence electrons. The molecule has 0 bridgehead atoms. The lowest BCUT2D eigenvalue weighted by molar-refractivity contribution is -0.143. The minimum absolute atomic E-state index is 0.0513. The van der Waals surface area contributed by atoms with E-state index < -0.39 is 23.0 Å². The lowest BCUT2D eigenvalue weighted by Gasteiger charge is -2.25. The van der Waals surface area contributed by atoms with Crippen molar-refractivity contribution in [1.82, 2.24) is 0 Å². The van der Waals surface area contributed by atoms with Crippen LogP contribution in [0.3, 0.4) is 0 Å². The zero-order valence-corrected chi connectivity index (χ0v) is 10.7. The number of methoxy groups -OCH3 is 1. The van der Waals surface area contributed by atoms with Gasteiger partial charge in [-0.2, -0.15) is 0 Å². The normalized spacial score (nSPS) is 17.6. The van der Waals surface area contributed by atoms with E-state index in [1.54, 1.807) is 0 Å². The third-order valence-corrected chi connectivity index (χ3v) is 3.78. The Kier molecular flexibility index (Phi) is 3.85. The van der Waals surface area contributed by atoms with Crippen LogP contribution in [-0.4, -0.2) is 18.2 Å². The summed E-state index contributed by atoms with van der Waals surface area (Å²) in [4.78, 5) is 11.5. The molecule has 1 aliphatic rings. The topological polar surface area (TPSA) is 46.5 Å². The SMILES string of the molecule is COCc1cc(F)c(F)c(C2(C(=O)O)CCCC2)c1. The number of hydrogen-bond acceptors (Lipinski definition) is 2. The first kappa shape index (κ1) is 13.9. The molecule has 1 aromatic carbocycles. The molecular weight excluding hydrogens is 254 g/mol. The molecule has 0 radical (unpaired) electrons. The Morgan fingerprint density at radius 1 is 1.37 bits per heavy atom. The molecule has 3 nitrogen and oxygen atoms in total. The first-order valence-corrected chi connectivity index (χ1v) is 6.22. The minimum Gasteiger partial charge on any atom is -0.481 e. The van der Waals surface area contributed by atoms with E-state index in [0.717, 1.165) is 6.07 Å². The van der Waals surface area contributed by atoms with Gasteiger partial charge in [0.1, 0.15) is 0 Å². The molecule has 19 heavy (non-hydrogen) atoms.